The highest BCUT2D eigenvalue weighted by Gasteiger charge is 2.14. The molecule has 2 aromatic carbocycles. The van der Waals surface area contributed by atoms with Crippen LogP contribution in [-0.4, -0.2) is 0 Å². The van der Waals surface area contributed by atoms with Crippen LogP contribution in [0.4, 0.5) is 0 Å². The molecule has 0 fully saturated rings. The molecule has 0 saturated carbocycles. The van der Waals surface area contributed by atoms with Crippen molar-refractivity contribution < 1.29 is 0 Å². The molecule has 2 rings (SSSR count). The molecule has 0 nitrogen and oxygen atoms in total. The van der Waals surface area contributed by atoms with Gasteiger partial charge in [-0.3, -0.25) is 0 Å². The zero-order valence-corrected chi connectivity index (χ0v) is 13.5. The highest BCUT2D eigenvalue weighted by atomic mass is 14.2. The van der Waals surface area contributed by atoms with Crippen LogP contribution in [0.2, 0.25) is 0 Å². The van der Waals surface area contributed by atoms with Crippen molar-refractivity contribution in [3.63, 3.8) is 0 Å². The maximum Gasteiger partial charge on any atom is 0.00896 e. The Kier molecular flexibility index (Phi) is 4.65. The Balaban J connectivity index is 2.49. The summed E-state index contributed by atoms with van der Waals surface area (Å²) >= 11 is 0. The van der Waals surface area contributed by atoms with Gasteiger partial charge < -0.3 is 0 Å². The lowest BCUT2D eigenvalue weighted by Gasteiger charge is -2.20. The monoisotopic (exact) mass is 266 g/mol. The average Bonchev–Trinajstić information content (AvgIpc) is 2.33. The summed E-state index contributed by atoms with van der Waals surface area (Å²) in [7, 11) is 0. The summed E-state index contributed by atoms with van der Waals surface area (Å²) in [5.74, 6) is 0.525. The van der Waals surface area contributed by atoms with Crippen molar-refractivity contribution in [1.82, 2.24) is 0 Å². The minimum atomic E-state index is 0.525. The smallest absolute Gasteiger partial charge is 0.00896 e. The molecule has 0 aliphatic carbocycles. The van der Waals surface area contributed by atoms with E-state index in [2.05, 4.69) is 71.0 Å². The first kappa shape index (κ1) is 14.8. The van der Waals surface area contributed by atoms with Gasteiger partial charge in [0.05, 0.1) is 0 Å². The van der Waals surface area contributed by atoms with E-state index in [9.17, 15) is 0 Å². The highest BCUT2D eigenvalue weighted by molar-refractivity contribution is 5.40. The number of aryl methyl sites for hydroxylation is 4. The van der Waals surface area contributed by atoms with Gasteiger partial charge in [0.1, 0.15) is 0 Å². The Labute approximate surface area is 123 Å². The van der Waals surface area contributed by atoms with Crippen LogP contribution >= 0.6 is 0 Å². The SMILES string of the molecule is CCCC(c1cc(C)cc(C)c1)c1cc(C)cc(C)c1. The summed E-state index contributed by atoms with van der Waals surface area (Å²) in [5.41, 5.74) is 8.40. The fraction of sp³-hybridized carbons (Fsp3) is 0.400. The van der Waals surface area contributed by atoms with Gasteiger partial charge in [-0.2, -0.15) is 0 Å². The third-order valence-corrected chi connectivity index (χ3v) is 3.87. The highest BCUT2D eigenvalue weighted by Crippen LogP contribution is 2.31. The molecule has 0 N–H and O–H groups in total. The van der Waals surface area contributed by atoms with E-state index in [1.54, 1.807) is 0 Å². The zero-order valence-electron chi connectivity index (χ0n) is 13.5. The minimum absolute atomic E-state index is 0.525. The summed E-state index contributed by atoms with van der Waals surface area (Å²) in [5, 5.41) is 0. The van der Waals surface area contributed by atoms with Crippen LogP contribution in [0.3, 0.4) is 0 Å². The first-order chi connectivity index (χ1) is 9.49. The van der Waals surface area contributed by atoms with Gasteiger partial charge in [0, 0.05) is 5.92 Å². The summed E-state index contributed by atoms with van der Waals surface area (Å²) in [6.07, 6.45) is 2.43. The molecule has 0 saturated heterocycles. The Hall–Kier alpha value is -1.56. The predicted octanol–water partition coefficient (Wildman–Crippen LogP) is 5.85. The number of hydrogen-bond donors (Lipinski definition) is 0. The molecule has 106 valence electrons. The van der Waals surface area contributed by atoms with Gasteiger partial charge in [-0.1, -0.05) is 72.0 Å². The molecule has 0 aliphatic heterocycles. The molecule has 0 bridgehead atoms. The molecule has 0 heteroatoms. The van der Waals surface area contributed by atoms with Gasteiger partial charge in [0.25, 0.3) is 0 Å². The fourth-order valence-corrected chi connectivity index (χ4v) is 3.24. The Morgan fingerprint density at radius 1 is 0.650 bits per heavy atom. The third kappa shape index (κ3) is 3.50. The molecule has 0 atom stereocenters. The summed E-state index contributed by atoms with van der Waals surface area (Å²) in [6, 6.07) is 13.9. The van der Waals surface area contributed by atoms with Crippen LogP contribution in [0.1, 0.15) is 59.1 Å². The zero-order chi connectivity index (χ0) is 14.7. The molecule has 0 heterocycles. The van der Waals surface area contributed by atoms with Crippen molar-refractivity contribution in [2.75, 3.05) is 0 Å². The molecule has 0 spiro atoms. The second-order valence-electron chi connectivity index (χ2n) is 6.18. The van der Waals surface area contributed by atoms with E-state index >= 15 is 0 Å². The molecule has 0 amide bonds. The van der Waals surface area contributed by atoms with E-state index in [0.29, 0.717) is 5.92 Å². The first-order valence-corrected chi connectivity index (χ1v) is 7.66. The lowest BCUT2D eigenvalue weighted by Crippen LogP contribution is -2.03. The number of hydrogen-bond acceptors (Lipinski definition) is 0. The molecular formula is C20H26. The van der Waals surface area contributed by atoms with Crippen molar-refractivity contribution in [3.05, 3.63) is 69.8 Å². The fourth-order valence-electron chi connectivity index (χ4n) is 3.24. The third-order valence-electron chi connectivity index (χ3n) is 3.87. The minimum Gasteiger partial charge on any atom is -0.0653 e. The van der Waals surface area contributed by atoms with E-state index in [-0.39, 0.29) is 0 Å². The number of rotatable bonds is 4. The van der Waals surface area contributed by atoms with E-state index in [4.69, 9.17) is 0 Å². The van der Waals surface area contributed by atoms with E-state index in [1.165, 1.54) is 46.2 Å². The van der Waals surface area contributed by atoms with Crippen molar-refractivity contribution in [2.45, 2.75) is 53.4 Å². The molecule has 0 radical (unpaired) electrons. The van der Waals surface area contributed by atoms with Gasteiger partial charge >= 0.3 is 0 Å². The molecule has 2 aromatic rings. The second-order valence-corrected chi connectivity index (χ2v) is 6.18. The molecule has 0 aliphatic rings. The van der Waals surface area contributed by atoms with Crippen molar-refractivity contribution in [3.8, 4) is 0 Å². The van der Waals surface area contributed by atoms with Crippen LogP contribution in [-0.2, 0) is 0 Å². The molecule has 20 heavy (non-hydrogen) atoms. The first-order valence-electron chi connectivity index (χ1n) is 7.66. The molecule has 0 aromatic heterocycles. The van der Waals surface area contributed by atoms with Crippen LogP contribution in [0.5, 0.6) is 0 Å². The predicted molar refractivity (Wildman–Crippen MR) is 88.6 cm³/mol. The van der Waals surface area contributed by atoms with E-state index in [0.717, 1.165) is 0 Å². The molecular weight excluding hydrogens is 240 g/mol. The van der Waals surface area contributed by atoms with Crippen molar-refractivity contribution >= 4 is 0 Å². The summed E-state index contributed by atoms with van der Waals surface area (Å²) in [6.45, 7) is 11.1. The standard InChI is InChI=1S/C20H26/c1-6-7-20(18-10-14(2)8-15(3)11-18)19-12-16(4)9-17(5)13-19/h8-13,20H,6-7H2,1-5H3. The average molecular weight is 266 g/mol. The second kappa shape index (κ2) is 6.26. The van der Waals surface area contributed by atoms with Crippen molar-refractivity contribution in [2.24, 2.45) is 0 Å². The van der Waals surface area contributed by atoms with Gasteiger partial charge in [0.15, 0.2) is 0 Å². The summed E-state index contributed by atoms with van der Waals surface area (Å²) in [4.78, 5) is 0. The molecule has 0 unspecified atom stereocenters. The number of benzene rings is 2. The maximum atomic E-state index is 2.35. The Bertz CT molecular complexity index is 501. The van der Waals surface area contributed by atoms with Crippen LogP contribution < -0.4 is 0 Å². The van der Waals surface area contributed by atoms with Gasteiger partial charge in [0.2, 0.25) is 0 Å². The lowest BCUT2D eigenvalue weighted by atomic mass is 9.85. The van der Waals surface area contributed by atoms with E-state index in [1.807, 2.05) is 0 Å². The summed E-state index contributed by atoms with van der Waals surface area (Å²) < 4.78 is 0. The topological polar surface area (TPSA) is 0 Å². The van der Waals surface area contributed by atoms with Gasteiger partial charge in [-0.25, -0.2) is 0 Å². The Morgan fingerprint density at radius 2 is 1.00 bits per heavy atom. The lowest BCUT2D eigenvalue weighted by molar-refractivity contribution is 0.696. The van der Waals surface area contributed by atoms with Gasteiger partial charge in [-0.05, 0) is 45.2 Å². The normalized spacial score (nSPS) is 11.1. The van der Waals surface area contributed by atoms with Crippen molar-refractivity contribution in [1.29, 1.82) is 0 Å². The quantitative estimate of drug-likeness (QED) is 0.651. The largest absolute Gasteiger partial charge is 0.0653 e. The van der Waals surface area contributed by atoms with Crippen LogP contribution in [0, 0.1) is 27.7 Å². The van der Waals surface area contributed by atoms with Crippen LogP contribution in [0.25, 0.3) is 0 Å². The Morgan fingerprint density at radius 3 is 1.30 bits per heavy atom. The van der Waals surface area contributed by atoms with E-state index < -0.39 is 0 Å². The maximum absolute atomic E-state index is 2.35. The van der Waals surface area contributed by atoms with Gasteiger partial charge in [-0.15, -0.1) is 0 Å². The van der Waals surface area contributed by atoms with Crippen LogP contribution in [0.15, 0.2) is 36.4 Å².